The lowest BCUT2D eigenvalue weighted by Gasteiger charge is -2.26. The molecule has 0 bridgehead atoms. The lowest BCUT2D eigenvalue weighted by Crippen LogP contribution is -2.30. The zero-order valence-corrected chi connectivity index (χ0v) is 10.4. The van der Waals surface area contributed by atoms with Crippen LogP contribution < -0.4 is 5.73 Å². The van der Waals surface area contributed by atoms with E-state index in [9.17, 15) is 0 Å². The SMILES string of the molecule is CCN(C)C(CN)c1cccc(COC)c1. The van der Waals surface area contributed by atoms with Crippen LogP contribution in [0.4, 0.5) is 0 Å². The van der Waals surface area contributed by atoms with E-state index in [2.05, 4.69) is 43.1 Å². The molecule has 1 unspecified atom stereocenters. The highest BCUT2D eigenvalue weighted by Crippen LogP contribution is 2.19. The van der Waals surface area contributed by atoms with Crippen LogP contribution in [0, 0.1) is 0 Å². The van der Waals surface area contributed by atoms with Gasteiger partial charge in [-0.1, -0.05) is 31.2 Å². The Kier molecular flexibility index (Phi) is 5.46. The molecular weight excluding hydrogens is 200 g/mol. The van der Waals surface area contributed by atoms with Crippen molar-refractivity contribution < 1.29 is 4.74 Å². The molecule has 0 fully saturated rings. The molecule has 16 heavy (non-hydrogen) atoms. The van der Waals surface area contributed by atoms with E-state index in [1.54, 1.807) is 7.11 Å². The van der Waals surface area contributed by atoms with Crippen molar-refractivity contribution in [1.29, 1.82) is 0 Å². The number of likely N-dealkylation sites (N-methyl/N-ethyl adjacent to an activating group) is 1. The van der Waals surface area contributed by atoms with Crippen molar-refractivity contribution in [1.82, 2.24) is 4.90 Å². The molecule has 0 aliphatic rings. The summed E-state index contributed by atoms with van der Waals surface area (Å²) in [5, 5.41) is 0. The van der Waals surface area contributed by atoms with E-state index in [1.165, 1.54) is 11.1 Å². The summed E-state index contributed by atoms with van der Waals surface area (Å²) in [5.74, 6) is 0. The normalized spacial score (nSPS) is 13.1. The summed E-state index contributed by atoms with van der Waals surface area (Å²) in [7, 11) is 3.81. The topological polar surface area (TPSA) is 38.5 Å². The fourth-order valence-corrected chi connectivity index (χ4v) is 1.85. The molecule has 0 radical (unpaired) electrons. The Morgan fingerprint density at radius 3 is 2.75 bits per heavy atom. The summed E-state index contributed by atoms with van der Waals surface area (Å²) >= 11 is 0. The molecule has 1 aromatic carbocycles. The maximum atomic E-state index is 5.83. The molecule has 0 heterocycles. The van der Waals surface area contributed by atoms with Gasteiger partial charge in [0.1, 0.15) is 0 Å². The van der Waals surface area contributed by atoms with E-state index in [4.69, 9.17) is 10.5 Å². The van der Waals surface area contributed by atoms with E-state index < -0.39 is 0 Å². The molecule has 0 spiro atoms. The Labute approximate surface area is 98.2 Å². The third kappa shape index (κ3) is 3.30. The monoisotopic (exact) mass is 222 g/mol. The van der Waals surface area contributed by atoms with E-state index >= 15 is 0 Å². The Balaban J connectivity index is 2.87. The molecule has 0 aliphatic carbocycles. The van der Waals surface area contributed by atoms with E-state index in [0.717, 1.165) is 6.54 Å². The number of benzene rings is 1. The van der Waals surface area contributed by atoms with Crippen molar-refractivity contribution in [2.24, 2.45) is 5.73 Å². The number of hydrogen-bond donors (Lipinski definition) is 1. The van der Waals surface area contributed by atoms with Crippen LogP contribution in [-0.2, 0) is 11.3 Å². The lowest BCUT2D eigenvalue weighted by atomic mass is 10.0. The predicted molar refractivity (Wildman–Crippen MR) is 67.3 cm³/mol. The smallest absolute Gasteiger partial charge is 0.0713 e. The highest BCUT2D eigenvalue weighted by Gasteiger charge is 2.13. The van der Waals surface area contributed by atoms with E-state index in [0.29, 0.717) is 19.2 Å². The molecule has 3 heteroatoms. The van der Waals surface area contributed by atoms with Gasteiger partial charge in [0, 0.05) is 19.7 Å². The molecule has 0 saturated heterocycles. The first-order valence-electron chi connectivity index (χ1n) is 5.71. The quantitative estimate of drug-likeness (QED) is 0.797. The summed E-state index contributed by atoms with van der Waals surface area (Å²) in [6.07, 6.45) is 0. The molecule has 0 aromatic heterocycles. The van der Waals surface area contributed by atoms with Gasteiger partial charge in [-0.25, -0.2) is 0 Å². The van der Waals surface area contributed by atoms with Gasteiger partial charge in [-0.05, 0) is 24.7 Å². The second-order valence-electron chi connectivity index (χ2n) is 4.00. The van der Waals surface area contributed by atoms with Crippen molar-refractivity contribution in [3.63, 3.8) is 0 Å². The number of nitrogens with two attached hydrogens (primary N) is 1. The summed E-state index contributed by atoms with van der Waals surface area (Å²) in [6, 6.07) is 8.74. The number of hydrogen-bond acceptors (Lipinski definition) is 3. The fraction of sp³-hybridized carbons (Fsp3) is 0.538. The van der Waals surface area contributed by atoms with Gasteiger partial charge >= 0.3 is 0 Å². The van der Waals surface area contributed by atoms with Gasteiger partial charge in [0.05, 0.1) is 6.61 Å². The summed E-state index contributed by atoms with van der Waals surface area (Å²) in [4.78, 5) is 2.26. The van der Waals surface area contributed by atoms with Crippen molar-refractivity contribution >= 4 is 0 Å². The average molecular weight is 222 g/mol. The minimum Gasteiger partial charge on any atom is -0.380 e. The maximum absolute atomic E-state index is 5.83. The standard InChI is InChI=1S/C13H22N2O/c1-4-15(2)13(9-14)12-7-5-6-11(8-12)10-16-3/h5-8,13H,4,9-10,14H2,1-3H3. The van der Waals surface area contributed by atoms with Crippen molar-refractivity contribution in [2.75, 3.05) is 27.2 Å². The molecule has 1 rings (SSSR count). The van der Waals surface area contributed by atoms with Crippen LogP contribution in [0.1, 0.15) is 24.1 Å². The van der Waals surface area contributed by atoms with E-state index in [-0.39, 0.29) is 0 Å². The maximum Gasteiger partial charge on any atom is 0.0713 e. The minimum absolute atomic E-state index is 0.293. The molecule has 1 aromatic rings. The highest BCUT2D eigenvalue weighted by molar-refractivity contribution is 5.26. The molecule has 2 N–H and O–H groups in total. The van der Waals surface area contributed by atoms with E-state index in [1.807, 2.05) is 0 Å². The van der Waals surface area contributed by atoms with Crippen LogP contribution in [0.15, 0.2) is 24.3 Å². The van der Waals surface area contributed by atoms with Crippen LogP contribution in [0.3, 0.4) is 0 Å². The van der Waals surface area contributed by atoms with Crippen molar-refractivity contribution in [3.05, 3.63) is 35.4 Å². The summed E-state index contributed by atoms with van der Waals surface area (Å²) < 4.78 is 5.14. The second kappa shape index (κ2) is 6.63. The average Bonchev–Trinajstić information content (AvgIpc) is 2.31. The predicted octanol–water partition coefficient (Wildman–Crippen LogP) is 1.78. The molecule has 0 saturated carbocycles. The van der Waals surface area contributed by atoms with Crippen LogP contribution >= 0.6 is 0 Å². The Hall–Kier alpha value is -0.900. The molecule has 1 atom stereocenters. The van der Waals surface area contributed by atoms with Crippen molar-refractivity contribution in [3.8, 4) is 0 Å². The molecule has 90 valence electrons. The van der Waals surface area contributed by atoms with Gasteiger partial charge < -0.3 is 10.5 Å². The van der Waals surface area contributed by atoms with Crippen LogP contribution in [0.25, 0.3) is 0 Å². The Morgan fingerprint density at radius 2 is 2.19 bits per heavy atom. The zero-order valence-electron chi connectivity index (χ0n) is 10.4. The van der Waals surface area contributed by atoms with Crippen LogP contribution in [0.2, 0.25) is 0 Å². The first-order chi connectivity index (χ1) is 7.72. The highest BCUT2D eigenvalue weighted by atomic mass is 16.5. The fourth-order valence-electron chi connectivity index (χ4n) is 1.85. The summed E-state index contributed by atoms with van der Waals surface area (Å²) in [5.41, 5.74) is 8.29. The second-order valence-corrected chi connectivity index (χ2v) is 4.00. The third-order valence-corrected chi connectivity index (χ3v) is 2.90. The number of methoxy groups -OCH3 is 1. The van der Waals surface area contributed by atoms with Gasteiger partial charge in [-0.3, -0.25) is 4.90 Å². The van der Waals surface area contributed by atoms with Gasteiger partial charge in [-0.2, -0.15) is 0 Å². The first kappa shape index (κ1) is 13.2. The van der Waals surface area contributed by atoms with Gasteiger partial charge in [-0.15, -0.1) is 0 Å². The first-order valence-corrected chi connectivity index (χ1v) is 5.71. The minimum atomic E-state index is 0.293. The Bertz CT molecular complexity index is 315. The molecule has 3 nitrogen and oxygen atoms in total. The summed E-state index contributed by atoms with van der Waals surface area (Å²) in [6.45, 7) is 4.43. The van der Waals surface area contributed by atoms with Crippen LogP contribution in [-0.4, -0.2) is 32.1 Å². The molecule has 0 aliphatic heterocycles. The Morgan fingerprint density at radius 1 is 1.44 bits per heavy atom. The molecule has 0 amide bonds. The van der Waals surface area contributed by atoms with Gasteiger partial charge in [0.25, 0.3) is 0 Å². The third-order valence-electron chi connectivity index (χ3n) is 2.90. The zero-order chi connectivity index (χ0) is 12.0. The van der Waals surface area contributed by atoms with Gasteiger partial charge in [0.15, 0.2) is 0 Å². The van der Waals surface area contributed by atoms with Crippen LogP contribution in [0.5, 0.6) is 0 Å². The number of ether oxygens (including phenoxy) is 1. The van der Waals surface area contributed by atoms with Crippen molar-refractivity contribution in [2.45, 2.75) is 19.6 Å². The number of rotatable bonds is 6. The molecular formula is C13H22N2O. The largest absolute Gasteiger partial charge is 0.380 e. The van der Waals surface area contributed by atoms with Gasteiger partial charge in [0.2, 0.25) is 0 Å². The lowest BCUT2D eigenvalue weighted by molar-refractivity contribution is 0.184. The number of nitrogens with zero attached hydrogens (tertiary/aromatic N) is 1.